The van der Waals surface area contributed by atoms with Gasteiger partial charge in [-0.3, -0.25) is 0 Å². The lowest BCUT2D eigenvalue weighted by molar-refractivity contribution is -0.0328. The van der Waals surface area contributed by atoms with E-state index in [-0.39, 0.29) is 11.8 Å². The van der Waals surface area contributed by atoms with E-state index in [4.69, 9.17) is 0 Å². The second-order valence-electron chi connectivity index (χ2n) is 3.28. The normalized spacial score (nSPS) is 11.9. The molecule has 0 N–H and O–H groups in total. The van der Waals surface area contributed by atoms with Gasteiger partial charge in [-0.15, -0.1) is 0 Å². The standard InChI is InChI=1S/C10H11F3S/c1-6-4-7(2)9(8(3)5-6)14-10(11,12)13/h4-5H,1-3H3. The first kappa shape index (κ1) is 11.4. The molecule has 0 aliphatic rings. The summed E-state index contributed by atoms with van der Waals surface area (Å²) in [4.78, 5) is 0.322. The molecular weight excluding hydrogens is 209 g/mol. The molecule has 4 heteroatoms. The van der Waals surface area contributed by atoms with Crippen molar-refractivity contribution < 1.29 is 13.2 Å². The number of hydrogen-bond acceptors (Lipinski definition) is 1. The van der Waals surface area contributed by atoms with Crippen LogP contribution in [0, 0.1) is 20.8 Å². The molecule has 0 unspecified atom stereocenters. The Kier molecular flexibility index (Phi) is 3.14. The summed E-state index contributed by atoms with van der Waals surface area (Å²) in [5.74, 6) is 0. The van der Waals surface area contributed by atoms with Gasteiger partial charge in [-0.1, -0.05) is 17.7 Å². The van der Waals surface area contributed by atoms with Gasteiger partial charge in [-0.2, -0.15) is 13.2 Å². The third kappa shape index (κ3) is 2.94. The van der Waals surface area contributed by atoms with Gasteiger partial charge in [0.15, 0.2) is 0 Å². The third-order valence-corrected chi connectivity index (χ3v) is 2.90. The number of rotatable bonds is 1. The van der Waals surface area contributed by atoms with Gasteiger partial charge >= 0.3 is 5.51 Å². The quantitative estimate of drug-likeness (QED) is 0.638. The van der Waals surface area contributed by atoms with Crippen molar-refractivity contribution in [1.29, 1.82) is 0 Å². The smallest absolute Gasteiger partial charge is 0.160 e. The summed E-state index contributed by atoms with van der Waals surface area (Å²) >= 11 is -0.0373. The molecule has 1 rings (SSSR count). The van der Waals surface area contributed by atoms with Crippen LogP contribution in [0.15, 0.2) is 17.0 Å². The molecule has 78 valence electrons. The molecule has 0 fully saturated rings. The predicted molar refractivity (Wildman–Crippen MR) is 52.6 cm³/mol. The Morgan fingerprint density at radius 3 is 1.79 bits per heavy atom. The van der Waals surface area contributed by atoms with E-state index in [2.05, 4.69) is 0 Å². The average Bonchev–Trinajstić information content (AvgIpc) is 1.95. The fourth-order valence-electron chi connectivity index (χ4n) is 1.44. The van der Waals surface area contributed by atoms with Crippen molar-refractivity contribution in [3.63, 3.8) is 0 Å². The molecule has 1 aromatic carbocycles. The lowest BCUT2D eigenvalue weighted by Crippen LogP contribution is -2.01. The Morgan fingerprint density at radius 2 is 1.43 bits per heavy atom. The van der Waals surface area contributed by atoms with E-state index in [9.17, 15) is 13.2 Å². The van der Waals surface area contributed by atoms with E-state index in [1.807, 2.05) is 6.92 Å². The topological polar surface area (TPSA) is 0 Å². The summed E-state index contributed by atoms with van der Waals surface area (Å²) in [5.41, 5.74) is -1.84. The number of thioether (sulfide) groups is 1. The van der Waals surface area contributed by atoms with E-state index in [1.54, 1.807) is 26.0 Å². The van der Waals surface area contributed by atoms with Crippen LogP contribution >= 0.6 is 11.8 Å². The lowest BCUT2D eigenvalue weighted by atomic mass is 10.1. The summed E-state index contributed by atoms with van der Waals surface area (Å²) < 4.78 is 36.5. The first-order valence-corrected chi connectivity index (χ1v) is 4.95. The Morgan fingerprint density at radius 1 is 1.00 bits per heavy atom. The third-order valence-electron chi connectivity index (χ3n) is 1.82. The molecular formula is C10H11F3S. The minimum atomic E-state index is -4.20. The van der Waals surface area contributed by atoms with Gasteiger partial charge < -0.3 is 0 Å². The van der Waals surface area contributed by atoms with Crippen LogP contribution in [0.5, 0.6) is 0 Å². The highest BCUT2D eigenvalue weighted by Crippen LogP contribution is 2.40. The van der Waals surface area contributed by atoms with Gasteiger partial charge in [0.25, 0.3) is 0 Å². The van der Waals surface area contributed by atoms with Crippen molar-refractivity contribution in [2.75, 3.05) is 0 Å². The highest BCUT2D eigenvalue weighted by molar-refractivity contribution is 8.00. The number of hydrogen-bond donors (Lipinski definition) is 0. The molecule has 0 bridgehead atoms. The monoisotopic (exact) mass is 220 g/mol. The van der Waals surface area contributed by atoms with Gasteiger partial charge in [0.05, 0.1) is 0 Å². The molecule has 0 aliphatic heterocycles. The SMILES string of the molecule is Cc1cc(C)c(SC(F)(F)F)c(C)c1. The van der Waals surface area contributed by atoms with Gasteiger partial charge in [0.2, 0.25) is 0 Å². The van der Waals surface area contributed by atoms with E-state index in [1.165, 1.54) is 0 Å². The molecule has 14 heavy (non-hydrogen) atoms. The molecule has 0 saturated carbocycles. The fraction of sp³-hybridized carbons (Fsp3) is 0.400. The van der Waals surface area contributed by atoms with Crippen LogP contribution in [0.25, 0.3) is 0 Å². The Balaban J connectivity index is 3.09. The molecule has 0 aliphatic carbocycles. The van der Waals surface area contributed by atoms with Crippen LogP contribution in [0.4, 0.5) is 13.2 Å². The molecule has 0 spiro atoms. The van der Waals surface area contributed by atoms with Crippen LogP contribution in [0.3, 0.4) is 0 Å². The number of alkyl halides is 3. The minimum absolute atomic E-state index is 0.0373. The van der Waals surface area contributed by atoms with Gasteiger partial charge in [-0.25, -0.2) is 0 Å². The Labute approximate surface area is 85.5 Å². The van der Waals surface area contributed by atoms with Crippen LogP contribution in [-0.4, -0.2) is 5.51 Å². The molecule has 0 radical (unpaired) electrons. The fourth-order valence-corrected chi connectivity index (χ4v) is 2.11. The van der Waals surface area contributed by atoms with Crippen LogP contribution in [-0.2, 0) is 0 Å². The second kappa shape index (κ2) is 3.85. The Bertz CT molecular complexity index is 319. The van der Waals surface area contributed by atoms with Crippen molar-refractivity contribution in [3.05, 3.63) is 28.8 Å². The number of benzene rings is 1. The molecule has 1 aromatic rings. The predicted octanol–water partition coefficient (Wildman–Crippen LogP) is 4.22. The van der Waals surface area contributed by atoms with Crippen LogP contribution in [0.1, 0.15) is 16.7 Å². The first-order chi connectivity index (χ1) is 6.29. The lowest BCUT2D eigenvalue weighted by Gasteiger charge is -2.12. The molecule has 0 nitrogen and oxygen atoms in total. The largest absolute Gasteiger partial charge is 0.446 e. The van der Waals surface area contributed by atoms with Gasteiger partial charge in [0, 0.05) is 4.90 Å². The number of aryl methyl sites for hydroxylation is 3. The van der Waals surface area contributed by atoms with E-state index >= 15 is 0 Å². The maximum Gasteiger partial charge on any atom is 0.446 e. The van der Waals surface area contributed by atoms with Crippen molar-refractivity contribution >= 4 is 11.8 Å². The van der Waals surface area contributed by atoms with Crippen molar-refractivity contribution in [2.24, 2.45) is 0 Å². The summed E-state index contributed by atoms with van der Waals surface area (Å²) in [7, 11) is 0. The van der Waals surface area contributed by atoms with Gasteiger partial charge in [0.1, 0.15) is 0 Å². The second-order valence-corrected chi connectivity index (χ2v) is 4.35. The van der Waals surface area contributed by atoms with Crippen LogP contribution in [0.2, 0.25) is 0 Å². The average molecular weight is 220 g/mol. The van der Waals surface area contributed by atoms with Crippen molar-refractivity contribution in [1.82, 2.24) is 0 Å². The van der Waals surface area contributed by atoms with Crippen molar-refractivity contribution in [2.45, 2.75) is 31.2 Å². The van der Waals surface area contributed by atoms with Crippen LogP contribution < -0.4 is 0 Å². The zero-order chi connectivity index (χ0) is 10.9. The van der Waals surface area contributed by atoms with E-state index < -0.39 is 5.51 Å². The molecule has 0 saturated heterocycles. The molecule has 0 atom stereocenters. The van der Waals surface area contributed by atoms with E-state index in [0.717, 1.165) is 5.56 Å². The molecule has 0 aromatic heterocycles. The summed E-state index contributed by atoms with van der Waals surface area (Å²) in [6.45, 7) is 5.28. The zero-order valence-corrected chi connectivity index (χ0v) is 9.01. The number of halogens is 3. The molecule has 0 amide bonds. The summed E-state index contributed by atoms with van der Waals surface area (Å²) in [5, 5.41) is 0. The summed E-state index contributed by atoms with van der Waals surface area (Å²) in [6, 6.07) is 3.53. The maximum absolute atomic E-state index is 12.2. The first-order valence-electron chi connectivity index (χ1n) is 4.13. The highest BCUT2D eigenvalue weighted by atomic mass is 32.2. The van der Waals surface area contributed by atoms with Crippen molar-refractivity contribution in [3.8, 4) is 0 Å². The highest BCUT2D eigenvalue weighted by Gasteiger charge is 2.30. The van der Waals surface area contributed by atoms with E-state index in [0.29, 0.717) is 16.0 Å². The Hall–Kier alpha value is -0.640. The minimum Gasteiger partial charge on any atom is -0.160 e. The summed E-state index contributed by atoms with van der Waals surface area (Å²) in [6.07, 6.45) is 0. The zero-order valence-electron chi connectivity index (χ0n) is 8.20. The maximum atomic E-state index is 12.2. The van der Waals surface area contributed by atoms with Gasteiger partial charge in [-0.05, 0) is 43.7 Å². The molecule has 0 heterocycles.